The van der Waals surface area contributed by atoms with E-state index in [4.69, 9.17) is 9.84 Å². The zero-order valence-corrected chi connectivity index (χ0v) is 18.1. The van der Waals surface area contributed by atoms with Crippen LogP contribution in [0.2, 0.25) is 0 Å². The van der Waals surface area contributed by atoms with E-state index in [1.54, 1.807) is 7.05 Å². The molecule has 1 heterocycles. The fraction of sp³-hybridized carbons (Fsp3) is 0.250. The largest absolute Gasteiger partial charge is 0.481 e. The van der Waals surface area contributed by atoms with Crippen molar-refractivity contribution in [3.8, 4) is 11.1 Å². The second-order valence-corrected chi connectivity index (χ2v) is 7.73. The molecule has 0 saturated heterocycles. The minimum Gasteiger partial charge on any atom is -0.481 e. The number of rotatable bonds is 8. The molecule has 0 unspecified atom stereocenters. The summed E-state index contributed by atoms with van der Waals surface area (Å²) in [5, 5.41) is 18.0. The summed E-state index contributed by atoms with van der Waals surface area (Å²) in [5.74, 6) is -1.47. The van der Waals surface area contributed by atoms with E-state index in [9.17, 15) is 14.4 Å². The Balaban J connectivity index is 1.39. The SMILES string of the molecule is Cn1ncc(NC(=O)OCC2c3ccccc3-c3ccccc32)c1C(=O)NCCCC(=O)O. The van der Waals surface area contributed by atoms with Crippen molar-refractivity contribution in [3.63, 3.8) is 0 Å². The van der Waals surface area contributed by atoms with Crippen LogP contribution in [0.5, 0.6) is 0 Å². The van der Waals surface area contributed by atoms with Gasteiger partial charge in [-0.3, -0.25) is 19.6 Å². The molecule has 0 aliphatic heterocycles. The first-order valence-electron chi connectivity index (χ1n) is 10.6. The molecule has 170 valence electrons. The van der Waals surface area contributed by atoms with Gasteiger partial charge in [-0.1, -0.05) is 48.5 Å². The molecule has 1 aliphatic carbocycles. The van der Waals surface area contributed by atoms with Crippen molar-refractivity contribution in [1.82, 2.24) is 15.1 Å². The van der Waals surface area contributed by atoms with Crippen LogP contribution in [0.15, 0.2) is 54.7 Å². The predicted molar refractivity (Wildman–Crippen MR) is 121 cm³/mol. The molecule has 3 N–H and O–H groups in total. The number of hydrogen-bond acceptors (Lipinski definition) is 5. The number of nitrogens with zero attached hydrogens (tertiary/aromatic N) is 2. The Morgan fingerprint density at radius 3 is 2.33 bits per heavy atom. The van der Waals surface area contributed by atoms with Gasteiger partial charge in [-0.15, -0.1) is 0 Å². The lowest BCUT2D eigenvalue weighted by Gasteiger charge is -2.14. The lowest BCUT2D eigenvalue weighted by molar-refractivity contribution is -0.137. The first-order valence-corrected chi connectivity index (χ1v) is 10.6. The molecule has 0 bridgehead atoms. The highest BCUT2D eigenvalue weighted by Gasteiger charge is 2.29. The third kappa shape index (κ3) is 4.72. The van der Waals surface area contributed by atoms with Crippen molar-refractivity contribution in [3.05, 3.63) is 71.5 Å². The second kappa shape index (κ2) is 9.56. The average Bonchev–Trinajstić information content (AvgIpc) is 3.32. The number of nitrogens with one attached hydrogen (secondary N) is 2. The molecule has 2 aromatic carbocycles. The smallest absolute Gasteiger partial charge is 0.411 e. The lowest BCUT2D eigenvalue weighted by atomic mass is 9.98. The van der Waals surface area contributed by atoms with Crippen molar-refractivity contribution in [2.45, 2.75) is 18.8 Å². The van der Waals surface area contributed by atoms with E-state index in [1.807, 2.05) is 36.4 Å². The molecule has 9 nitrogen and oxygen atoms in total. The molecule has 2 amide bonds. The molecular formula is C24H24N4O5. The topological polar surface area (TPSA) is 123 Å². The standard InChI is InChI=1S/C24H24N4O5/c1-28-22(23(31)25-12-6-11-21(29)30)20(13-26-28)27-24(32)33-14-19-17-9-4-2-7-15(17)16-8-3-5-10-18(16)19/h2-5,7-10,13,19H,6,11-12,14H2,1H3,(H,25,31)(H,27,32)(H,29,30). The first kappa shape index (κ1) is 22.1. The van der Waals surface area contributed by atoms with Crippen LogP contribution < -0.4 is 10.6 Å². The van der Waals surface area contributed by atoms with Gasteiger partial charge in [0.15, 0.2) is 0 Å². The maximum atomic E-state index is 12.5. The number of ether oxygens (including phenoxy) is 1. The summed E-state index contributed by atoms with van der Waals surface area (Å²) in [6.07, 6.45) is 0.933. The number of fused-ring (bicyclic) bond motifs is 3. The number of aliphatic carboxylic acids is 1. The van der Waals surface area contributed by atoms with Gasteiger partial charge in [0.05, 0.1) is 11.9 Å². The van der Waals surface area contributed by atoms with Crippen molar-refractivity contribution in [1.29, 1.82) is 0 Å². The van der Waals surface area contributed by atoms with Gasteiger partial charge >= 0.3 is 12.1 Å². The Kier molecular flexibility index (Phi) is 6.39. The van der Waals surface area contributed by atoms with Gasteiger partial charge < -0.3 is 15.2 Å². The molecule has 0 spiro atoms. The fourth-order valence-corrected chi connectivity index (χ4v) is 4.07. The molecule has 0 atom stereocenters. The number of hydrogen-bond donors (Lipinski definition) is 3. The number of amides is 2. The first-order chi connectivity index (χ1) is 16.0. The van der Waals surface area contributed by atoms with Crippen LogP contribution in [0, 0.1) is 0 Å². The van der Waals surface area contributed by atoms with E-state index < -0.39 is 18.0 Å². The van der Waals surface area contributed by atoms with Crippen molar-refractivity contribution in [2.24, 2.45) is 7.05 Å². The van der Waals surface area contributed by atoms with Gasteiger partial charge in [0, 0.05) is 25.9 Å². The van der Waals surface area contributed by atoms with Gasteiger partial charge in [0.1, 0.15) is 12.3 Å². The molecule has 0 fully saturated rings. The minimum absolute atomic E-state index is 0.0451. The van der Waals surface area contributed by atoms with E-state index >= 15 is 0 Å². The van der Waals surface area contributed by atoms with Crippen molar-refractivity contribution < 1.29 is 24.2 Å². The van der Waals surface area contributed by atoms with Crippen LogP contribution in [0.3, 0.4) is 0 Å². The quantitative estimate of drug-likeness (QED) is 0.454. The Morgan fingerprint density at radius 1 is 1.06 bits per heavy atom. The number of carboxylic acids is 1. The van der Waals surface area contributed by atoms with Gasteiger partial charge in [0.2, 0.25) is 0 Å². The van der Waals surface area contributed by atoms with Gasteiger partial charge in [0.25, 0.3) is 5.91 Å². The Labute approximate surface area is 190 Å². The summed E-state index contributed by atoms with van der Waals surface area (Å²) in [5.41, 5.74) is 4.85. The predicted octanol–water partition coefficient (Wildman–Crippen LogP) is 3.38. The van der Waals surface area contributed by atoms with Gasteiger partial charge in [-0.05, 0) is 28.7 Å². The van der Waals surface area contributed by atoms with Crippen LogP contribution >= 0.6 is 0 Å². The minimum atomic E-state index is -0.928. The van der Waals surface area contributed by atoms with E-state index in [-0.39, 0.29) is 36.9 Å². The molecule has 1 aliphatic rings. The number of carboxylic acid groups (broad SMARTS) is 1. The van der Waals surface area contributed by atoms with Crippen molar-refractivity contribution >= 4 is 23.7 Å². The Hall–Kier alpha value is -4.14. The van der Waals surface area contributed by atoms with E-state index in [0.717, 1.165) is 22.3 Å². The molecule has 9 heteroatoms. The summed E-state index contributed by atoms with van der Waals surface area (Å²) in [4.78, 5) is 35.7. The molecule has 0 saturated carbocycles. The summed E-state index contributed by atoms with van der Waals surface area (Å²) < 4.78 is 6.87. The van der Waals surface area contributed by atoms with E-state index in [2.05, 4.69) is 27.9 Å². The summed E-state index contributed by atoms with van der Waals surface area (Å²) >= 11 is 0. The highest BCUT2D eigenvalue weighted by atomic mass is 16.5. The number of carbonyl (C=O) groups excluding carboxylic acids is 2. The second-order valence-electron chi connectivity index (χ2n) is 7.73. The fourth-order valence-electron chi connectivity index (χ4n) is 4.07. The number of aryl methyl sites for hydroxylation is 1. The highest BCUT2D eigenvalue weighted by Crippen LogP contribution is 2.44. The molecular weight excluding hydrogens is 424 g/mol. The molecule has 0 radical (unpaired) electrons. The summed E-state index contributed by atoms with van der Waals surface area (Å²) in [6.45, 7) is 0.345. The molecule has 4 rings (SSSR count). The van der Waals surface area contributed by atoms with E-state index in [1.165, 1.54) is 10.9 Å². The maximum Gasteiger partial charge on any atom is 0.411 e. The van der Waals surface area contributed by atoms with E-state index in [0.29, 0.717) is 6.42 Å². The molecule has 1 aromatic heterocycles. The molecule has 33 heavy (non-hydrogen) atoms. The van der Waals surface area contributed by atoms with Crippen molar-refractivity contribution in [2.75, 3.05) is 18.5 Å². The van der Waals surface area contributed by atoms with Gasteiger partial charge in [-0.2, -0.15) is 5.10 Å². The average molecular weight is 448 g/mol. The Bertz CT molecular complexity index is 1160. The van der Waals surface area contributed by atoms with Crippen LogP contribution in [-0.2, 0) is 16.6 Å². The third-order valence-electron chi connectivity index (χ3n) is 5.59. The lowest BCUT2D eigenvalue weighted by Crippen LogP contribution is -2.28. The zero-order chi connectivity index (χ0) is 23.4. The normalized spacial score (nSPS) is 12.0. The molecule has 3 aromatic rings. The van der Waals surface area contributed by atoms with Crippen LogP contribution in [0.1, 0.15) is 40.4 Å². The Morgan fingerprint density at radius 2 is 1.70 bits per heavy atom. The number of aromatic nitrogens is 2. The summed E-state index contributed by atoms with van der Waals surface area (Å²) in [7, 11) is 1.58. The highest BCUT2D eigenvalue weighted by molar-refractivity contribution is 6.01. The number of benzene rings is 2. The zero-order valence-electron chi connectivity index (χ0n) is 18.1. The van der Waals surface area contributed by atoms with Crippen LogP contribution in [0.4, 0.5) is 10.5 Å². The monoisotopic (exact) mass is 448 g/mol. The third-order valence-corrected chi connectivity index (χ3v) is 5.59. The van der Waals surface area contributed by atoms with Gasteiger partial charge in [-0.25, -0.2) is 4.79 Å². The summed E-state index contributed by atoms with van der Waals surface area (Å²) in [6, 6.07) is 16.1. The number of carbonyl (C=O) groups is 3. The van der Waals surface area contributed by atoms with Crippen LogP contribution in [0.25, 0.3) is 11.1 Å². The maximum absolute atomic E-state index is 12.5. The van der Waals surface area contributed by atoms with Crippen LogP contribution in [-0.4, -0.2) is 46.0 Å². The number of anilines is 1.